The highest BCUT2D eigenvalue weighted by atomic mass is 32.1. The highest BCUT2D eigenvalue weighted by molar-refractivity contribution is 7.13. The molecule has 5 nitrogen and oxygen atoms in total. The third-order valence-corrected chi connectivity index (χ3v) is 5.21. The van der Waals surface area contributed by atoms with Crippen LogP contribution in [0.4, 0.5) is 0 Å². The van der Waals surface area contributed by atoms with Gasteiger partial charge in [0.1, 0.15) is 5.82 Å². The van der Waals surface area contributed by atoms with E-state index in [9.17, 15) is 9.90 Å². The van der Waals surface area contributed by atoms with Crippen molar-refractivity contribution < 1.29 is 9.90 Å². The van der Waals surface area contributed by atoms with Gasteiger partial charge in [0.25, 0.3) is 5.91 Å². The molecule has 3 rings (SSSR count). The van der Waals surface area contributed by atoms with Crippen molar-refractivity contribution in [3.8, 4) is 10.4 Å². The Kier molecular flexibility index (Phi) is 5.31. The predicted molar refractivity (Wildman–Crippen MR) is 99.5 cm³/mol. The average molecular weight is 355 g/mol. The molecule has 2 heterocycles. The van der Waals surface area contributed by atoms with Crippen LogP contribution in [0.5, 0.6) is 0 Å². The molecule has 0 bridgehead atoms. The number of aliphatic hydroxyl groups excluding tert-OH is 1. The zero-order valence-corrected chi connectivity index (χ0v) is 15.2. The lowest BCUT2D eigenvalue weighted by atomic mass is 10.1. The van der Waals surface area contributed by atoms with Gasteiger partial charge in [-0.15, -0.1) is 11.3 Å². The quantitative estimate of drug-likeness (QED) is 0.739. The van der Waals surface area contributed by atoms with Crippen molar-refractivity contribution in [3.63, 3.8) is 0 Å². The SMILES string of the molecule is Cc1ccsc1-c1cccc(C(=O)N(CCO)Cc2nccn2C)c1. The second kappa shape index (κ2) is 7.63. The molecule has 2 aromatic heterocycles. The number of hydrogen-bond donors (Lipinski definition) is 1. The molecule has 0 aliphatic heterocycles. The Morgan fingerprint density at radius 3 is 2.84 bits per heavy atom. The highest BCUT2D eigenvalue weighted by Gasteiger charge is 2.18. The minimum absolute atomic E-state index is 0.0834. The number of hydrogen-bond acceptors (Lipinski definition) is 4. The fourth-order valence-corrected chi connectivity index (χ4v) is 3.66. The third-order valence-electron chi connectivity index (χ3n) is 4.14. The Hall–Kier alpha value is -2.44. The van der Waals surface area contributed by atoms with Crippen LogP contribution in [0.1, 0.15) is 21.7 Å². The number of imidazole rings is 1. The number of thiophene rings is 1. The van der Waals surface area contributed by atoms with E-state index < -0.39 is 0 Å². The molecule has 130 valence electrons. The lowest BCUT2D eigenvalue weighted by Gasteiger charge is -2.22. The van der Waals surface area contributed by atoms with E-state index in [1.807, 2.05) is 42.1 Å². The zero-order chi connectivity index (χ0) is 17.8. The van der Waals surface area contributed by atoms with Crippen molar-refractivity contribution in [1.29, 1.82) is 0 Å². The molecule has 0 atom stereocenters. The normalized spacial score (nSPS) is 10.8. The molecule has 25 heavy (non-hydrogen) atoms. The first-order chi connectivity index (χ1) is 12.1. The van der Waals surface area contributed by atoms with Crippen molar-refractivity contribution in [2.45, 2.75) is 13.5 Å². The number of nitrogens with zero attached hydrogens (tertiary/aromatic N) is 3. The number of rotatable bonds is 6. The standard InChI is InChI=1S/C19H21N3O2S/c1-14-6-11-25-18(14)15-4-3-5-16(12-15)19(24)22(9-10-23)13-17-20-7-8-21(17)2/h3-8,11-12,23H,9-10,13H2,1-2H3. The molecular formula is C19H21N3O2S. The van der Waals surface area contributed by atoms with Crippen LogP contribution in [0, 0.1) is 6.92 Å². The van der Waals surface area contributed by atoms with E-state index in [-0.39, 0.29) is 19.1 Å². The van der Waals surface area contributed by atoms with Crippen LogP contribution in [-0.4, -0.2) is 38.6 Å². The minimum atomic E-state index is -0.104. The summed E-state index contributed by atoms with van der Waals surface area (Å²) in [6.45, 7) is 2.62. The number of aliphatic hydroxyl groups is 1. The van der Waals surface area contributed by atoms with Crippen LogP contribution in [0.2, 0.25) is 0 Å². The average Bonchev–Trinajstić information content (AvgIpc) is 3.22. The molecule has 0 saturated carbocycles. The van der Waals surface area contributed by atoms with Gasteiger partial charge in [0.15, 0.2) is 0 Å². The topological polar surface area (TPSA) is 58.4 Å². The number of benzene rings is 1. The van der Waals surface area contributed by atoms with E-state index in [2.05, 4.69) is 23.4 Å². The van der Waals surface area contributed by atoms with E-state index in [1.165, 1.54) is 10.4 Å². The fourth-order valence-electron chi connectivity index (χ4n) is 2.74. The summed E-state index contributed by atoms with van der Waals surface area (Å²) in [6.07, 6.45) is 3.55. The number of aryl methyl sites for hydroxylation is 2. The molecule has 0 aliphatic carbocycles. The van der Waals surface area contributed by atoms with Crippen LogP contribution < -0.4 is 0 Å². The summed E-state index contributed by atoms with van der Waals surface area (Å²) in [4.78, 5) is 20.0. The third kappa shape index (κ3) is 3.81. The van der Waals surface area contributed by atoms with Gasteiger partial charge in [0.2, 0.25) is 0 Å². The van der Waals surface area contributed by atoms with Gasteiger partial charge in [-0.25, -0.2) is 4.98 Å². The van der Waals surface area contributed by atoms with Gasteiger partial charge in [-0.05, 0) is 41.6 Å². The maximum atomic E-state index is 13.0. The van der Waals surface area contributed by atoms with E-state index >= 15 is 0 Å². The molecule has 6 heteroatoms. The van der Waals surface area contributed by atoms with Gasteiger partial charge in [-0.3, -0.25) is 4.79 Å². The Labute approximate surface area is 151 Å². The van der Waals surface area contributed by atoms with Gasteiger partial charge in [-0.1, -0.05) is 12.1 Å². The maximum absolute atomic E-state index is 13.0. The summed E-state index contributed by atoms with van der Waals surface area (Å²) >= 11 is 1.67. The minimum Gasteiger partial charge on any atom is -0.395 e. The summed E-state index contributed by atoms with van der Waals surface area (Å²) in [6, 6.07) is 9.74. The summed E-state index contributed by atoms with van der Waals surface area (Å²) in [5.74, 6) is 0.681. The summed E-state index contributed by atoms with van der Waals surface area (Å²) in [7, 11) is 1.89. The van der Waals surface area contributed by atoms with Gasteiger partial charge < -0.3 is 14.6 Å². The molecule has 1 aromatic carbocycles. The molecule has 0 aliphatic rings. The summed E-state index contributed by atoms with van der Waals surface area (Å²) < 4.78 is 1.88. The molecule has 3 aromatic rings. The lowest BCUT2D eigenvalue weighted by molar-refractivity contribution is 0.0701. The van der Waals surface area contributed by atoms with E-state index in [1.54, 1.807) is 22.4 Å². The first kappa shape index (κ1) is 17.4. The van der Waals surface area contributed by atoms with E-state index in [4.69, 9.17) is 0 Å². The van der Waals surface area contributed by atoms with Crippen molar-refractivity contribution in [1.82, 2.24) is 14.5 Å². The number of carbonyl (C=O) groups is 1. The number of aromatic nitrogens is 2. The van der Waals surface area contributed by atoms with Gasteiger partial charge >= 0.3 is 0 Å². The Morgan fingerprint density at radius 2 is 2.20 bits per heavy atom. The van der Waals surface area contributed by atoms with Crippen LogP contribution in [-0.2, 0) is 13.6 Å². The van der Waals surface area contributed by atoms with Crippen LogP contribution in [0.15, 0.2) is 48.1 Å². The first-order valence-corrected chi connectivity index (χ1v) is 8.99. The van der Waals surface area contributed by atoms with Gasteiger partial charge in [-0.2, -0.15) is 0 Å². The smallest absolute Gasteiger partial charge is 0.254 e. The van der Waals surface area contributed by atoms with Crippen LogP contribution >= 0.6 is 11.3 Å². The Bertz CT molecular complexity index is 869. The van der Waals surface area contributed by atoms with Crippen molar-refractivity contribution >= 4 is 17.2 Å². The number of carbonyl (C=O) groups excluding carboxylic acids is 1. The summed E-state index contributed by atoms with van der Waals surface area (Å²) in [5.41, 5.74) is 2.86. The van der Waals surface area contributed by atoms with Crippen molar-refractivity contribution in [2.75, 3.05) is 13.2 Å². The van der Waals surface area contributed by atoms with Crippen molar-refractivity contribution in [3.05, 3.63) is 65.1 Å². The Balaban J connectivity index is 1.87. The maximum Gasteiger partial charge on any atom is 0.254 e. The highest BCUT2D eigenvalue weighted by Crippen LogP contribution is 2.29. The Morgan fingerprint density at radius 1 is 1.36 bits per heavy atom. The molecular weight excluding hydrogens is 334 g/mol. The molecule has 0 saturated heterocycles. The zero-order valence-electron chi connectivity index (χ0n) is 14.3. The first-order valence-electron chi connectivity index (χ1n) is 8.11. The fraction of sp³-hybridized carbons (Fsp3) is 0.263. The second-order valence-electron chi connectivity index (χ2n) is 5.92. The molecule has 0 radical (unpaired) electrons. The largest absolute Gasteiger partial charge is 0.395 e. The molecule has 1 amide bonds. The monoisotopic (exact) mass is 355 g/mol. The number of amides is 1. The van der Waals surface area contributed by atoms with Gasteiger partial charge in [0, 0.05) is 36.4 Å². The molecule has 0 spiro atoms. The molecule has 0 unspecified atom stereocenters. The van der Waals surface area contributed by atoms with Gasteiger partial charge in [0.05, 0.1) is 13.2 Å². The van der Waals surface area contributed by atoms with Crippen molar-refractivity contribution in [2.24, 2.45) is 7.05 Å². The molecule has 0 fully saturated rings. The van der Waals surface area contributed by atoms with Crippen LogP contribution in [0.3, 0.4) is 0 Å². The van der Waals surface area contributed by atoms with E-state index in [0.29, 0.717) is 12.1 Å². The predicted octanol–water partition coefficient (Wildman–Crippen LogP) is 3.09. The summed E-state index contributed by atoms with van der Waals surface area (Å²) in [5, 5.41) is 11.4. The molecule has 1 N–H and O–H groups in total. The van der Waals surface area contributed by atoms with Crippen LogP contribution in [0.25, 0.3) is 10.4 Å². The second-order valence-corrected chi connectivity index (χ2v) is 6.83. The van der Waals surface area contributed by atoms with E-state index in [0.717, 1.165) is 11.4 Å². The lowest BCUT2D eigenvalue weighted by Crippen LogP contribution is -2.34.